The molecule has 9 heavy (non-hydrogen) atoms. The first-order chi connectivity index (χ1) is 4.27. The SMILES string of the molecule is CNSCCNC(C)=O. The number of carbonyl (C=O) groups is 1. The minimum Gasteiger partial charge on any atom is -0.355 e. The standard InChI is InChI=1S/C5H12N2OS/c1-5(8)7-3-4-9-6-2/h6H,3-4H2,1-2H3,(H,7,8). The lowest BCUT2D eigenvalue weighted by atomic mass is 10.6. The van der Waals surface area contributed by atoms with Crippen LogP contribution >= 0.6 is 11.9 Å². The van der Waals surface area contributed by atoms with Gasteiger partial charge in [0.15, 0.2) is 0 Å². The second-order valence-electron chi connectivity index (χ2n) is 1.54. The van der Waals surface area contributed by atoms with Crippen LogP contribution in [-0.2, 0) is 4.79 Å². The second-order valence-corrected chi connectivity index (χ2v) is 2.64. The summed E-state index contributed by atoms with van der Waals surface area (Å²) < 4.78 is 2.91. The predicted octanol–water partition coefficient (Wildman–Crippen LogP) is -0.00990. The van der Waals surface area contributed by atoms with Gasteiger partial charge in [-0.25, -0.2) is 0 Å². The van der Waals surface area contributed by atoms with Crippen LogP contribution in [0.3, 0.4) is 0 Å². The van der Waals surface area contributed by atoms with E-state index >= 15 is 0 Å². The lowest BCUT2D eigenvalue weighted by Crippen LogP contribution is -2.23. The third kappa shape index (κ3) is 7.78. The highest BCUT2D eigenvalue weighted by Gasteiger charge is 1.87. The summed E-state index contributed by atoms with van der Waals surface area (Å²) in [7, 11) is 1.86. The van der Waals surface area contributed by atoms with Crippen LogP contribution in [0.2, 0.25) is 0 Å². The van der Waals surface area contributed by atoms with Gasteiger partial charge in [-0.1, -0.05) is 11.9 Å². The fourth-order valence-electron chi connectivity index (χ4n) is 0.380. The Labute approximate surface area is 59.7 Å². The topological polar surface area (TPSA) is 41.1 Å². The highest BCUT2D eigenvalue weighted by Crippen LogP contribution is 1.85. The number of hydrogen-bond donors (Lipinski definition) is 2. The van der Waals surface area contributed by atoms with E-state index in [-0.39, 0.29) is 5.91 Å². The molecule has 0 heterocycles. The van der Waals surface area contributed by atoms with Gasteiger partial charge in [-0.3, -0.25) is 9.52 Å². The molecule has 0 rings (SSSR count). The molecule has 0 atom stereocenters. The van der Waals surface area contributed by atoms with Crippen LogP contribution in [0.4, 0.5) is 0 Å². The molecule has 0 aliphatic heterocycles. The van der Waals surface area contributed by atoms with Gasteiger partial charge in [0, 0.05) is 19.2 Å². The first-order valence-electron chi connectivity index (χ1n) is 2.80. The third-order valence-electron chi connectivity index (χ3n) is 0.722. The van der Waals surface area contributed by atoms with Crippen LogP contribution in [-0.4, -0.2) is 25.3 Å². The molecule has 0 unspecified atom stereocenters. The van der Waals surface area contributed by atoms with E-state index in [2.05, 4.69) is 10.0 Å². The molecule has 2 N–H and O–H groups in total. The van der Waals surface area contributed by atoms with Crippen LogP contribution in [0.5, 0.6) is 0 Å². The number of carbonyl (C=O) groups excluding carboxylic acids is 1. The first-order valence-corrected chi connectivity index (χ1v) is 3.79. The Morgan fingerprint density at radius 1 is 1.67 bits per heavy atom. The van der Waals surface area contributed by atoms with E-state index in [4.69, 9.17) is 0 Å². The van der Waals surface area contributed by atoms with Crippen molar-refractivity contribution in [2.45, 2.75) is 6.92 Å². The maximum Gasteiger partial charge on any atom is 0.216 e. The fourth-order valence-corrected chi connectivity index (χ4v) is 0.788. The molecule has 0 aromatic carbocycles. The normalized spacial score (nSPS) is 9.11. The van der Waals surface area contributed by atoms with E-state index in [9.17, 15) is 4.79 Å². The van der Waals surface area contributed by atoms with Crippen molar-refractivity contribution in [1.29, 1.82) is 0 Å². The lowest BCUT2D eigenvalue weighted by molar-refractivity contribution is -0.118. The largest absolute Gasteiger partial charge is 0.355 e. The van der Waals surface area contributed by atoms with Crippen LogP contribution in [0.25, 0.3) is 0 Å². The molecule has 0 spiro atoms. The van der Waals surface area contributed by atoms with Crippen molar-refractivity contribution in [3.8, 4) is 0 Å². The molecule has 0 fully saturated rings. The zero-order chi connectivity index (χ0) is 7.11. The van der Waals surface area contributed by atoms with Gasteiger partial charge < -0.3 is 5.32 Å². The van der Waals surface area contributed by atoms with Crippen LogP contribution < -0.4 is 10.0 Å². The molecule has 0 aromatic heterocycles. The van der Waals surface area contributed by atoms with Crippen molar-refractivity contribution < 1.29 is 4.79 Å². The van der Waals surface area contributed by atoms with E-state index in [0.29, 0.717) is 0 Å². The molecule has 0 bridgehead atoms. The van der Waals surface area contributed by atoms with Crippen molar-refractivity contribution in [2.75, 3.05) is 19.3 Å². The van der Waals surface area contributed by atoms with E-state index in [0.717, 1.165) is 12.3 Å². The minimum atomic E-state index is 0.0340. The zero-order valence-corrected chi connectivity index (χ0v) is 6.55. The molecule has 0 saturated carbocycles. The number of nitrogens with one attached hydrogen (secondary N) is 2. The number of rotatable bonds is 4. The molecule has 1 amide bonds. The van der Waals surface area contributed by atoms with Crippen molar-refractivity contribution >= 4 is 17.9 Å². The molecule has 0 saturated heterocycles. The molecule has 4 heteroatoms. The molecular formula is C5H12N2OS. The second kappa shape index (κ2) is 5.91. The van der Waals surface area contributed by atoms with E-state index in [1.165, 1.54) is 6.92 Å². The molecule has 54 valence electrons. The van der Waals surface area contributed by atoms with E-state index in [1.807, 2.05) is 7.05 Å². The third-order valence-corrected chi connectivity index (χ3v) is 1.42. The van der Waals surface area contributed by atoms with Gasteiger partial charge in [0.1, 0.15) is 0 Å². The average molecular weight is 148 g/mol. The summed E-state index contributed by atoms with van der Waals surface area (Å²) in [5.74, 6) is 0.947. The maximum absolute atomic E-state index is 10.3. The highest BCUT2D eigenvalue weighted by molar-refractivity contribution is 7.97. The van der Waals surface area contributed by atoms with Gasteiger partial charge in [-0.15, -0.1) is 0 Å². The molecule has 0 aliphatic rings. The number of hydrogen-bond acceptors (Lipinski definition) is 3. The van der Waals surface area contributed by atoms with Crippen molar-refractivity contribution in [1.82, 2.24) is 10.0 Å². The smallest absolute Gasteiger partial charge is 0.216 e. The van der Waals surface area contributed by atoms with Crippen molar-refractivity contribution in [2.24, 2.45) is 0 Å². The fraction of sp³-hybridized carbons (Fsp3) is 0.800. The van der Waals surface area contributed by atoms with Crippen LogP contribution in [0.1, 0.15) is 6.92 Å². The van der Waals surface area contributed by atoms with Gasteiger partial charge in [0.2, 0.25) is 5.91 Å². The Balaban J connectivity index is 2.83. The van der Waals surface area contributed by atoms with E-state index in [1.54, 1.807) is 11.9 Å². The summed E-state index contributed by atoms with van der Waals surface area (Å²) >= 11 is 1.59. The highest BCUT2D eigenvalue weighted by atomic mass is 32.2. The van der Waals surface area contributed by atoms with Crippen LogP contribution in [0.15, 0.2) is 0 Å². The Morgan fingerprint density at radius 3 is 2.78 bits per heavy atom. The average Bonchev–Trinajstić information content (AvgIpc) is 1.80. The summed E-state index contributed by atoms with van der Waals surface area (Å²) in [6.45, 7) is 2.25. The Hall–Kier alpha value is -0.220. The molecular weight excluding hydrogens is 136 g/mol. The van der Waals surface area contributed by atoms with Gasteiger partial charge in [-0.05, 0) is 7.05 Å². The monoisotopic (exact) mass is 148 g/mol. The van der Waals surface area contributed by atoms with Crippen molar-refractivity contribution in [3.05, 3.63) is 0 Å². The van der Waals surface area contributed by atoms with Gasteiger partial charge in [-0.2, -0.15) is 0 Å². The summed E-state index contributed by atoms with van der Waals surface area (Å²) in [6.07, 6.45) is 0. The van der Waals surface area contributed by atoms with Gasteiger partial charge in [0.25, 0.3) is 0 Å². The molecule has 0 aliphatic carbocycles. The summed E-state index contributed by atoms with van der Waals surface area (Å²) in [6, 6.07) is 0. The van der Waals surface area contributed by atoms with E-state index < -0.39 is 0 Å². The Morgan fingerprint density at radius 2 is 2.33 bits per heavy atom. The van der Waals surface area contributed by atoms with Gasteiger partial charge in [0.05, 0.1) is 0 Å². The summed E-state index contributed by atoms with van der Waals surface area (Å²) in [5, 5.41) is 2.68. The summed E-state index contributed by atoms with van der Waals surface area (Å²) in [5.41, 5.74) is 0. The minimum absolute atomic E-state index is 0.0340. The molecule has 0 radical (unpaired) electrons. The summed E-state index contributed by atoms with van der Waals surface area (Å²) in [4.78, 5) is 10.3. The quantitative estimate of drug-likeness (QED) is 0.435. The Kier molecular flexibility index (Phi) is 5.76. The van der Waals surface area contributed by atoms with Gasteiger partial charge >= 0.3 is 0 Å². The van der Waals surface area contributed by atoms with Crippen LogP contribution in [0, 0.1) is 0 Å². The first kappa shape index (κ1) is 8.78. The zero-order valence-electron chi connectivity index (χ0n) is 5.73. The molecule has 0 aromatic rings. The number of amides is 1. The predicted molar refractivity (Wildman–Crippen MR) is 40.2 cm³/mol. The Bertz CT molecular complexity index is 87.0. The molecule has 3 nitrogen and oxygen atoms in total. The maximum atomic E-state index is 10.3. The van der Waals surface area contributed by atoms with Crippen molar-refractivity contribution in [3.63, 3.8) is 0 Å². The lowest BCUT2D eigenvalue weighted by Gasteiger charge is -1.98.